The predicted molar refractivity (Wildman–Crippen MR) is 113 cm³/mol. The first-order valence-electron chi connectivity index (χ1n) is 10.1. The molecule has 0 saturated carbocycles. The highest BCUT2D eigenvalue weighted by Gasteiger charge is 2.38. The molecule has 1 amide bonds. The lowest BCUT2D eigenvalue weighted by Gasteiger charge is -2.17. The van der Waals surface area contributed by atoms with Crippen molar-refractivity contribution in [3.8, 4) is 6.07 Å². The van der Waals surface area contributed by atoms with Crippen molar-refractivity contribution in [1.82, 2.24) is 19.7 Å². The SMILES string of the molecule is Cc1ccc(Cn2ccc(NC(=O)Cc3ccc(N4CCC(F)(F)C4)nc3)n2)nc1C#N. The van der Waals surface area contributed by atoms with Crippen LogP contribution in [0, 0.1) is 18.3 Å². The van der Waals surface area contributed by atoms with Crippen LogP contribution >= 0.6 is 0 Å². The zero-order valence-corrected chi connectivity index (χ0v) is 17.4. The molecule has 0 bridgehead atoms. The molecule has 0 unspecified atom stereocenters. The maximum atomic E-state index is 13.4. The maximum absolute atomic E-state index is 13.4. The van der Waals surface area contributed by atoms with Gasteiger partial charge in [0, 0.05) is 31.4 Å². The summed E-state index contributed by atoms with van der Waals surface area (Å²) in [5.74, 6) is -2.07. The third-order valence-electron chi connectivity index (χ3n) is 5.16. The van der Waals surface area contributed by atoms with Gasteiger partial charge in [-0.25, -0.2) is 18.7 Å². The van der Waals surface area contributed by atoms with Crippen LogP contribution in [0.25, 0.3) is 0 Å². The van der Waals surface area contributed by atoms with Gasteiger partial charge >= 0.3 is 0 Å². The van der Waals surface area contributed by atoms with Crippen LogP contribution in [0.5, 0.6) is 0 Å². The fourth-order valence-corrected chi connectivity index (χ4v) is 3.46. The number of nitriles is 1. The van der Waals surface area contributed by atoms with Crippen molar-refractivity contribution in [2.45, 2.75) is 32.2 Å². The molecule has 1 aliphatic rings. The number of nitrogens with one attached hydrogen (secondary N) is 1. The summed E-state index contributed by atoms with van der Waals surface area (Å²) in [6.45, 7) is 2.12. The topological polar surface area (TPSA) is 99.7 Å². The molecule has 3 aromatic rings. The molecule has 1 aliphatic heterocycles. The normalized spacial score (nSPS) is 14.9. The first-order valence-corrected chi connectivity index (χ1v) is 10.1. The van der Waals surface area contributed by atoms with Crippen molar-refractivity contribution in [3.05, 3.63) is 65.2 Å². The number of nitrogens with zero attached hydrogens (tertiary/aromatic N) is 6. The minimum atomic E-state index is -2.68. The Kier molecular flexibility index (Phi) is 5.81. The van der Waals surface area contributed by atoms with Gasteiger partial charge < -0.3 is 10.2 Å². The Morgan fingerprint density at radius 3 is 2.81 bits per heavy atom. The largest absolute Gasteiger partial charge is 0.350 e. The second kappa shape index (κ2) is 8.70. The van der Waals surface area contributed by atoms with Gasteiger partial charge in [0.1, 0.15) is 17.6 Å². The highest BCUT2D eigenvalue weighted by atomic mass is 19.3. The smallest absolute Gasteiger partial charge is 0.266 e. The van der Waals surface area contributed by atoms with Crippen LogP contribution in [0.3, 0.4) is 0 Å². The summed E-state index contributed by atoms with van der Waals surface area (Å²) in [7, 11) is 0. The molecule has 3 aromatic heterocycles. The number of hydrogen-bond acceptors (Lipinski definition) is 6. The summed E-state index contributed by atoms with van der Waals surface area (Å²) in [4.78, 5) is 22.4. The molecule has 4 heterocycles. The number of carbonyl (C=O) groups is 1. The number of carbonyl (C=O) groups excluding carboxylic acids is 1. The van der Waals surface area contributed by atoms with Crippen molar-refractivity contribution in [2.75, 3.05) is 23.3 Å². The summed E-state index contributed by atoms with van der Waals surface area (Å²) in [5.41, 5.74) is 2.55. The van der Waals surface area contributed by atoms with Crippen LogP contribution in [-0.4, -0.2) is 44.7 Å². The van der Waals surface area contributed by atoms with Crippen LogP contribution in [-0.2, 0) is 17.8 Å². The Bertz CT molecular complexity index is 1170. The van der Waals surface area contributed by atoms with E-state index in [1.165, 1.54) is 6.20 Å². The Morgan fingerprint density at radius 2 is 2.12 bits per heavy atom. The van der Waals surface area contributed by atoms with E-state index in [0.717, 1.165) is 5.56 Å². The van der Waals surface area contributed by atoms with Crippen LogP contribution in [0.2, 0.25) is 0 Å². The summed E-state index contributed by atoms with van der Waals surface area (Å²) >= 11 is 0. The number of aryl methyl sites for hydroxylation is 1. The monoisotopic (exact) mass is 437 g/mol. The summed E-state index contributed by atoms with van der Waals surface area (Å²) in [5, 5.41) is 16.1. The van der Waals surface area contributed by atoms with Gasteiger partial charge in [0.25, 0.3) is 5.92 Å². The lowest BCUT2D eigenvalue weighted by Crippen LogP contribution is -2.25. The molecular weight excluding hydrogens is 416 g/mol. The molecule has 1 N–H and O–H groups in total. The van der Waals surface area contributed by atoms with E-state index < -0.39 is 5.92 Å². The lowest BCUT2D eigenvalue weighted by atomic mass is 10.2. The fourth-order valence-electron chi connectivity index (χ4n) is 3.46. The average molecular weight is 437 g/mol. The van der Waals surface area contributed by atoms with Crippen molar-refractivity contribution in [1.29, 1.82) is 5.26 Å². The molecule has 4 rings (SSSR count). The van der Waals surface area contributed by atoms with Crippen LogP contribution in [0.1, 0.15) is 28.9 Å². The fraction of sp³-hybridized carbons (Fsp3) is 0.318. The van der Waals surface area contributed by atoms with E-state index in [4.69, 9.17) is 5.26 Å². The Morgan fingerprint density at radius 1 is 1.28 bits per heavy atom. The number of alkyl halides is 2. The molecule has 0 aliphatic carbocycles. The number of anilines is 2. The zero-order chi connectivity index (χ0) is 22.7. The van der Waals surface area contributed by atoms with Crippen LogP contribution in [0.4, 0.5) is 20.4 Å². The second-order valence-corrected chi connectivity index (χ2v) is 7.76. The highest BCUT2D eigenvalue weighted by Crippen LogP contribution is 2.29. The van der Waals surface area contributed by atoms with Crippen molar-refractivity contribution < 1.29 is 13.6 Å². The predicted octanol–water partition coefficient (Wildman–Crippen LogP) is 2.93. The van der Waals surface area contributed by atoms with Gasteiger partial charge in [0.2, 0.25) is 5.91 Å². The van der Waals surface area contributed by atoms with Crippen molar-refractivity contribution in [2.24, 2.45) is 0 Å². The van der Waals surface area contributed by atoms with Crippen LogP contribution in [0.15, 0.2) is 42.7 Å². The van der Waals surface area contributed by atoms with Crippen LogP contribution < -0.4 is 10.2 Å². The quantitative estimate of drug-likeness (QED) is 0.637. The Hall–Kier alpha value is -3.87. The summed E-state index contributed by atoms with van der Waals surface area (Å²) < 4.78 is 28.4. The molecule has 1 saturated heterocycles. The lowest BCUT2D eigenvalue weighted by molar-refractivity contribution is -0.115. The summed E-state index contributed by atoms with van der Waals surface area (Å²) in [6.07, 6.45) is 3.15. The van der Waals surface area contributed by atoms with Gasteiger partial charge in [0.15, 0.2) is 5.82 Å². The van der Waals surface area contributed by atoms with Gasteiger partial charge in [-0.1, -0.05) is 12.1 Å². The third-order valence-corrected chi connectivity index (χ3v) is 5.16. The summed E-state index contributed by atoms with van der Waals surface area (Å²) in [6, 6.07) is 10.8. The van der Waals surface area contributed by atoms with Gasteiger partial charge in [-0.05, 0) is 30.2 Å². The number of amides is 1. The Labute approximate surface area is 183 Å². The van der Waals surface area contributed by atoms with E-state index >= 15 is 0 Å². The average Bonchev–Trinajstić information content (AvgIpc) is 3.35. The standard InChI is InChI=1S/C22H21F2N7O/c1-15-2-4-17(27-18(15)11-25)13-31-8-6-19(29-31)28-21(32)10-16-3-5-20(26-12-16)30-9-7-22(23,24)14-30/h2-6,8,12H,7,9-10,13-14H2,1H3,(H,28,29,32). The molecule has 0 radical (unpaired) electrons. The van der Waals surface area contributed by atoms with E-state index in [9.17, 15) is 13.6 Å². The first kappa shape index (κ1) is 21.4. The number of pyridine rings is 2. The van der Waals surface area contributed by atoms with Crippen molar-refractivity contribution in [3.63, 3.8) is 0 Å². The molecule has 0 aromatic carbocycles. The molecule has 0 atom stereocenters. The van der Waals surface area contributed by atoms with E-state index in [1.807, 2.05) is 19.1 Å². The van der Waals surface area contributed by atoms with E-state index in [-0.39, 0.29) is 31.8 Å². The molecule has 10 heteroatoms. The minimum Gasteiger partial charge on any atom is -0.350 e. The van der Waals surface area contributed by atoms with E-state index in [0.29, 0.717) is 35.1 Å². The molecule has 1 fully saturated rings. The number of aromatic nitrogens is 4. The van der Waals surface area contributed by atoms with Gasteiger partial charge in [-0.3, -0.25) is 9.48 Å². The highest BCUT2D eigenvalue weighted by molar-refractivity contribution is 5.91. The Balaban J connectivity index is 1.32. The molecule has 32 heavy (non-hydrogen) atoms. The van der Waals surface area contributed by atoms with E-state index in [2.05, 4.69) is 26.5 Å². The van der Waals surface area contributed by atoms with E-state index in [1.54, 1.807) is 34.0 Å². The molecule has 0 spiro atoms. The number of rotatable bonds is 6. The minimum absolute atomic E-state index is 0.0847. The van der Waals surface area contributed by atoms with Gasteiger partial charge in [0.05, 0.1) is 25.2 Å². The number of hydrogen-bond donors (Lipinski definition) is 1. The maximum Gasteiger partial charge on any atom is 0.266 e. The third kappa shape index (κ3) is 5.06. The zero-order valence-electron chi connectivity index (χ0n) is 17.4. The molecular formula is C22H21F2N7O. The number of halogens is 2. The second-order valence-electron chi connectivity index (χ2n) is 7.76. The molecule has 164 valence electrons. The molecule has 8 nitrogen and oxygen atoms in total. The van der Waals surface area contributed by atoms with Gasteiger partial charge in [-0.2, -0.15) is 10.4 Å². The van der Waals surface area contributed by atoms with Gasteiger partial charge in [-0.15, -0.1) is 0 Å². The first-order chi connectivity index (χ1) is 15.3. The van der Waals surface area contributed by atoms with Crippen molar-refractivity contribution >= 4 is 17.5 Å².